The molecule has 1 aliphatic carbocycles. The summed E-state index contributed by atoms with van der Waals surface area (Å²) in [5.74, 6) is 0. The predicted octanol–water partition coefficient (Wildman–Crippen LogP) is -0.110. The van der Waals surface area contributed by atoms with Crippen LogP contribution in [0.25, 0.3) is 0 Å². The van der Waals surface area contributed by atoms with Crippen molar-refractivity contribution in [1.29, 1.82) is 0 Å². The SMILES string of the molecule is NC(=O)NOC1CCCCC1O. The van der Waals surface area contributed by atoms with Gasteiger partial charge >= 0.3 is 6.03 Å². The third kappa shape index (κ3) is 2.67. The van der Waals surface area contributed by atoms with Crippen molar-refractivity contribution in [2.45, 2.75) is 37.9 Å². The largest absolute Gasteiger partial charge is 0.390 e. The lowest BCUT2D eigenvalue weighted by Gasteiger charge is -2.26. The number of carbonyl (C=O) groups excluding carboxylic acids is 1. The van der Waals surface area contributed by atoms with E-state index in [1.54, 1.807) is 0 Å². The highest BCUT2D eigenvalue weighted by Crippen LogP contribution is 2.19. The fraction of sp³-hybridized carbons (Fsp3) is 0.857. The van der Waals surface area contributed by atoms with E-state index in [1.165, 1.54) is 0 Å². The third-order valence-electron chi connectivity index (χ3n) is 1.98. The van der Waals surface area contributed by atoms with Crippen molar-refractivity contribution in [2.75, 3.05) is 0 Å². The Kier molecular flexibility index (Phi) is 3.31. The number of primary amides is 1. The van der Waals surface area contributed by atoms with Crippen LogP contribution in [0.5, 0.6) is 0 Å². The molecule has 5 nitrogen and oxygen atoms in total. The molecule has 70 valence electrons. The molecule has 1 aliphatic rings. The lowest BCUT2D eigenvalue weighted by atomic mass is 9.95. The van der Waals surface area contributed by atoms with Gasteiger partial charge in [-0.2, -0.15) is 0 Å². The maximum Gasteiger partial charge on any atom is 0.336 e. The molecule has 0 aromatic carbocycles. The first-order chi connectivity index (χ1) is 5.70. The summed E-state index contributed by atoms with van der Waals surface area (Å²) in [5, 5.41) is 9.36. The summed E-state index contributed by atoms with van der Waals surface area (Å²) >= 11 is 0. The molecule has 2 unspecified atom stereocenters. The molecule has 0 radical (unpaired) electrons. The minimum absolute atomic E-state index is 0.300. The smallest absolute Gasteiger partial charge is 0.336 e. The van der Waals surface area contributed by atoms with Crippen molar-refractivity contribution in [3.8, 4) is 0 Å². The minimum atomic E-state index is -0.729. The van der Waals surface area contributed by atoms with Gasteiger partial charge < -0.3 is 10.8 Å². The number of nitrogens with two attached hydrogens (primary N) is 1. The number of nitrogens with one attached hydrogen (secondary N) is 1. The summed E-state index contributed by atoms with van der Waals surface area (Å²) in [4.78, 5) is 15.1. The summed E-state index contributed by atoms with van der Waals surface area (Å²) in [7, 11) is 0. The molecular weight excluding hydrogens is 160 g/mol. The second-order valence-electron chi connectivity index (χ2n) is 2.97. The summed E-state index contributed by atoms with van der Waals surface area (Å²) < 4.78 is 0. The Morgan fingerprint density at radius 1 is 1.50 bits per heavy atom. The third-order valence-corrected chi connectivity index (χ3v) is 1.98. The van der Waals surface area contributed by atoms with Crippen LogP contribution in [0.1, 0.15) is 25.7 Å². The van der Waals surface area contributed by atoms with Crippen molar-refractivity contribution >= 4 is 6.03 Å². The van der Waals surface area contributed by atoms with E-state index < -0.39 is 12.1 Å². The van der Waals surface area contributed by atoms with Gasteiger partial charge in [0.2, 0.25) is 0 Å². The van der Waals surface area contributed by atoms with Crippen LogP contribution in [-0.4, -0.2) is 23.3 Å². The van der Waals surface area contributed by atoms with E-state index in [0.29, 0.717) is 0 Å². The fourth-order valence-electron chi connectivity index (χ4n) is 1.35. The van der Waals surface area contributed by atoms with Gasteiger partial charge in [-0.15, -0.1) is 0 Å². The average molecular weight is 174 g/mol. The molecular formula is C7H14N2O3. The van der Waals surface area contributed by atoms with E-state index in [-0.39, 0.29) is 6.10 Å². The van der Waals surface area contributed by atoms with E-state index in [0.717, 1.165) is 25.7 Å². The van der Waals surface area contributed by atoms with Crippen molar-refractivity contribution in [3.63, 3.8) is 0 Å². The second-order valence-corrected chi connectivity index (χ2v) is 2.97. The topological polar surface area (TPSA) is 84.6 Å². The van der Waals surface area contributed by atoms with Crippen LogP contribution in [-0.2, 0) is 4.84 Å². The molecule has 12 heavy (non-hydrogen) atoms. The first-order valence-corrected chi connectivity index (χ1v) is 4.09. The van der Waals surface area contributed by atoms with Gasteiger partial charge in [0.15, 0.2) is 0 Å². The molecule has 0 heterocycles. The van der Waals surface area contributed by atoms with E-state index in [9.17, 15) is 9.90 Å². The Morgan fingerprint density at radius 3 is 2.75 bits per heavy atom. The molecule has 4 N–H and O–H groups in total. The Hall–Kier alpha value is -0.810. The van der Waals surface area contributed by atoms with Gasteiger partial charge in [-0.25, -0.2) is 10.3 Å². The lowest BCUT2D eigenvalue weighted by Crippen LogP contribution is -2.40. The van der Waals surface area contributed by atoms with Crippen LogP contribution < -0.4 is 11.2 Å². The van der Waals surface area contributed by atoms with Gasteiger partial charge in [-0.05, 0) is 12.8 Å². The van der Waals surface area contributed by atoms with Crippen molar-refractivity contribution in [1.82, 2.24) is 5.48 Å². The number of urea groups is 1. The Morgan fingerprint density at radius 2 is 2.17 bits per heavy atom. The van der Waals surface area contributed by atoms with E-state index >= 15 is 0 Å². The van der Waals surface area contributed by atoms with Gasteiger partial charge in [0.25, 0.3) is 0 Å². The van der Waals surface area contributed by atoms with Crippen LogP contribution in [0, 0.1) is 0 Å². The van der Waals surface area contributed by atoms with Crippen LogP contribution in [0.2, 0.25) is 0 Å². The van der Waals surface area contributed by atoms with E-state index in [2.05, 4.69) is 0 Å². The molecule has 0 aromatic rings. The molecule has 0 aromatic heterocycles. The summed E-state index contributed by atoms with van der Waals surface area (Å²) in [5.41, 5.74) is 6.82. The molecule has 1 saturated carbocycles. The van der Waals surface area contributed by atoms with Crippen LogP contribution in [0.4, 0.5) is 4.79 Å². The second kappa shape index (κ2) is 4.27. The van der Waals surface area contributed by atoms with Crippen molar-refractivity contribution < 1.29 is 14.7 Å². The lowest BCUT2D eigenvalue weighted by molar-refractivity contribution is -0.0885. The molecule has 0 aliphatic heterocycles. The first kappa shape index (κ1) is 9.28. The van der Waals surface area contributed by atoms with Crippen molar-refractivity contribution in [2.24, 2.45) is 5.73 Å². The zero-order chi connectivity index (χ0) is 8.97. The zero-order valence-electron chi connectivity index (χ0n) is 6.82. The van der Waals surface area contributed by atoms with Crippen molar-refractivity contribution in [3.05, 3.63) is 0 Å². The summed E-state index contributed by atoms with van der Waals surface area (Å²) in [6.45, 7) is 0. The number of hydrogen-bond donors (Lipinski definition) is 3. The van der Waals surface area contributed by atoms with Gasteiger partial charge in [0.1, 0.15) is 6.10 Å². The molecule has 0 spiro atoms. The fourth-order valence-corrected chi connectivity index (χ4v) is 1.35. The average Bonchev–Trinajstić information content (AvgIpc) is 2.03. The standard InChI is InChI=1S/C7H14N2O3/c8-7(11)9-12-6-4-2-1-3-5(6)10/h5-6,10H,1-4H2,(H3,8,9,11). The monoisotopic (exact) mass is 174 g/mol. The molecule has 2 amide bonds. The van der Waals surface area contributed by atoms with E-state index in [1.807, 2.05) is 5.48 Å². The zero-order valence-corrected chi connectivity index (χ0v) is 6.82. The summed E-state index contributed by atoms with van der Waals surface area (Å²) in [6.07, 6.45) is 2.74. The highest BCUT2D eigenvalue weighted by atomic mass is 16.7. The Bertz CT molecular complexity index is 163. The highest BCUT2D eigenvalue weighted by Gasteiger charge is 2.24. The predicted molar refractivity (Wildman–Crippen MR) is 42.1 cm³/mol. The number of rotatable bonds is 2. The number of aliphatic hydroxyl groups is 1. The number of hydrogen-bond acceptors (Lipinski definition) is 3. The first-order valence-electron chi connectivity index (χ1n) is 4.09. The maximum absolute atomic E-state index is 10.3. The van der Waals surface area contributed by atoms with Gasteiger partial charge in [0.05, 0.1) is 6.10 Å². The molecule has 0 bridgehead atoms. The molecule has 1 rings (SSSR count). The molecule has 2 atom stereocenters. The number of amides is 2. The van der Waals surface area contributed by atoms with Gasteiger partial charge in [-0.1, -0.05) is 12.8 Å². The molecule has 5 heteroatoms. The normalized spacial score (nSPS) is 29.8. The van der Waals surface area contributed by atoms with Gasteiger partial charge in [0, 0.05) is 0 Å². The Balaban J connectivity index is 2.24. The minimum Gasteiger partial charge on any atom is -0.390 e. The number of aliphatic hydroxyl groups excluding tert-OH is 1. The van der Waals surface area contributed by atoms with E-state index in [4.69, 9.17) is 10.6 Å². The quantitative estimate of drug-likeness (QED) is 0.510. The maximum atomic E-state index is 10.3. The van der Waals surface area contributed by atoms with Crippen LogP contribution in [0.3, 0.4) is 0 Å². The molecule has 0 saturated heterocycles. The van der Waals surface area contributed by atoms with Gasteiger partial charge in [-0.3, -0.25) is 4.84 Å². The number of hydroxylamine groups is 1. The van der Waals surface area contributed by atoms with Crippen LogP contribution in [0.15, 0.2) is 0 Å². The highest BCUT2D eigenvalue weighted by molar-refractivity contribution is 5.70. The van der Waals surface area contributed by atoms with Crippen LogP contribution >= 0.6 is 0 Å². The molecule has 1 fully saturated rings. The Labute approximate surface area is 70.8 Å². The number of carbonyl (C=O) groups is 1. The summed E-state index contributed by atoms with van der Waals surface area (Å²) in [6, 6.07) is -0.729.